The third-order valence-corrected chi connectivity index (χ3v) is 7.17. The Hall–Kier alpha value is -1.71. The molecule has 0 amide bonds. The SMILES string of the molecule is Cc1cc2c3c(c1)c1c(n3CC(C)(c3ccccc3)S2)CCN(C)C1. The first-order chi connectivity index (χ1) is 12.0. The van der Waals surface area contributed by atoms with Crippen molar-refractivity contribution in [2.24, 2.45) is 0 Å². The third-order valence-electron chi connectivity index (χ3n) is 5.83. The van der Waals surface area contributed by atoms with E-state index in [1.165, 1.54) is 26.9 Å². The summed E-state index contributed by atoms with van der Waals surface area (Å²) >= 11 is 2.05. The molecule has 0 radical (unpaired) electrons. The lowest BCUT2D eigenvalue weighted by Gasteiger charge is -2.36. The van der Waals surface area contributed by atoms with E-state index in [4.69, 9.17) is 0 Å². The van der Waals surface area contributed by atoms with Crippen LogP contribution in [0.25, 0.3) is 10.9 Å². The highest BCUT2D eigenvalue weighted by Gasteiger charge is 2.37. The number of thioether (sulfide) groups is 1. The van der Waals surface area contributed by atoms with Gasteiger partial charge >= 0.3 is 0 Å². The number of fused-ring (bicyclic) bond motifs is 3. The zero-order valence-electron chi connectivity index (χ0n) is 15.2. The second kappa shape index (κ2) is 5.39. The predicted octanol–water partition coefficient (Wildman–Crippen LogP) is 4.96. The smallest absolute Gasteiger partial charge is 0.0625 e. The minimum Gasteiger partial charge on any atom is -0.342 e. The summed E-state index contributed by atoms with van der Waals surface area (Å²) in [5.41, 5.74) is 7.41. The van der Waals surface area contributed by atoms with E-state index in [2.05, 4.69) is 72.8 Å². The van der Waals surface area contributed by atoms with Crippen molar-refractivity contribution in [2.75, 3.05) is 13.6 Å². The molecule has 0 N–H and O–H groups in total. The standard InChI is InChI=1S/C22H24N2S/c1-15-11-17-18-13-23(3)10-9-19(18)24-14-22(2,16-7-5-4-6-8-16)25-20(12-15)21(17)24/h4-8,11-12H,9-10,13-14H2,1-3H3. The van der Waals surface area contributed by atoms with Gasteiger partial charge in [-0.2, -0.15) is 0 Å². The summed E-state index contributed by atoms with van der Waals surface area (Å²) in [7, 11) is 2.24. The number of aromatic nitrogens is 1. The third kappa shape index (κ3) is 2.29. The van der Waals surface area contributed by atoms with Gasteiger partial charge in [0.2, 0.25) is 0 Å². The van der Waals surface area contributed by atoms with Crippen LogP contribution in [0.5, 0.6) is 0 Å². The maximum atomic E-state index is 2.65. The lowest BCUT2D eigenvalue weighted by atomic mass is 9.99. The van der Waals surface area contributed by atoms with E-state index in [1.54, 1.807) is 11.3 Å². The van der Waals surface area contributed by atoms with Gasteiger partial charge in [-0.25, -0.2) is 0 Å². The largest absolute Gasteiger partial charge is 0.342 e. The van der Waals surface area contributed by atoms with Gasteiger partial charge in [-0.1, -0.05) is 30.3 Å². The number of likely N-dealkylation sites (N-methyl/N-ethyl adjacent to an activating group) is 1. The Bertz CT molecular complexity index is 973. The van der Waals surface area contributed by atoms with Gasteiger partial charge in [-0.3, -0.25) is 0 Å². The maximum absolute atomic E-state index is 2.65. The molecule has 2 nitrogen and oxygen atoms in total. The van der Waals surface area contributed by atoms with Crippen molar-refractivity contribution in [3.63, 3.8) is 0 Å². The number of rotatable bonds is 1. The fraction of sp³-hybridized carbons (Fsp3) is 0.364. The van der Waals surface area contributed by atoms with Gasteiger partial charge in [-0.05, 0) is 49.7 Å². The van der Waals surface area contributed by atoms with Crippen LogP contribution in [0.1, 0.15) is 29.3 Å². The summed E-state index contributed by atoms with van der Waals surface area (Å²) in [4.78, 5) is 3.90. The summed E-state index contributed by atoms with van der Waals surface area (Å²) < 4.78 is 2.74. The molecule has 0 aliphatic carbocycles. The first-order valence-corrected chi connectivity index (χ1v) is 9.94. The van der Waals surface area contributed by atoms with Crippen molar-refractivity contribution in [1.29, 1.82) is 0 Å². The van der Waals surface area contributed by atoms with Crippen LogP contribution < -0.4 is 0 Å². The van der Waals surface area contributed by atoms with Crippen LogP contribution in [-0.4, -0.2) is 23.1 Å². The molecule has 3 heterocycles. The van der Waals surface area contributed by atoms with Crippen LogP contribution >= 0.6 is 11.8 Å². The lowest BCUT2D eigenvalue weighted by Crippen LogP contribution is -2.31. The Morgan fingerprint density at radius 2 is 1.92 bits per heavy atom. The number of nitrogens with zero attached hydrogens (tertiary/aromatic N) is 2. The molecule has 3 heteroatoms. The molecule has 5 rings (SSSR count). The minimum absolute atomic E-state index is 0.0884. The fourth-order valence-electron chi connectivity index (χ4n) is 4.59. The van der Waals surface area contributed by atoms with Crippen molar-refractivity contribution in [1.82, 2.24) is 9.47 Å². The lowest BCUT2D eigenvalue weighted by molar-refractivity contribution is 0.308. The van der Waals surface area contributed by atoms with Crippen molar-refractivity contribution >= 4 is 22.7 Å². The Morgan fingerprint density at radius 1 is 1.12 bits per heavy atom. The van der Waals surface area contributed by atoms with E-state index in [0.717, 1.165) is 26.1 Å². The highest BCUT2D eigenvalue weighted by atomic mass is 32.2. The fourth-order valence-corrected chi connectivity index (χ4v) is 6.08. The summed E-state index contributed by atoms with van der Waals surface area (Å²) in [6.45, 7) is 7.95. The van der Waals surface area contributed by atoms with Gasteiger partial charge in [0.05, 0.1) is 10.3 Å². The molecule has 2 aliphatic rings. The molecule has 0 saturated carbocycles. The average Bonchev–Trinajstić information content (AvgIpc) is 2.89. The van der Waals surface area contributed by atoms with Crippen LogP contribution in [0.2, 0.25) is 0 Å². The molecule has 0 spiro atoms. The second-order valence-electron chi connectivity index (χ2n) is 7.86. The van der Waals surface area contributed by atoms with E-state index in [1.807, 2.05) is 11.8 Å². The molecule has 0 fully saturated rings. The Morgan fingerprint density at radius 3 is 2.72 bits per heavy atom. The van der Waals surface area contributed by atoms with Crippen LogP contribution in [0, 0.1) is 6.92 Å². The van der Waals surface area contributed by atoms with Crippen molar-refractivity contribution in [2.45, 2.75) is 43.0 Å². The molecular formula is C22H24N2S. The van der Waals surface area contributed by atoms with Crippen molar-refractivity contribution in [3.05, 3.63) is 64.8 Å². The summed E-state index contributed by atoms with van der Waals surface area (Å²) in [6.07, 6.45) is 1.16. The number of hydrogen-bond acceptors (Lipinski definition) is 2. The van der Waals surface area contributed by atoms with Crippen molar-refractivity contribution in [3.8, 4) is 0 Å². The van der Waals surface area contributed by atoms with E-state index >= 15 is 0 Å². The van der Waals surface area contributed by atoms with E-state index in [9.17, 15) is 0 Å². The molecule has 128 valence electrons. The highest BCUT2D eigenvalue weighted by Crippen LogP contribution is 2.51. The Balaban J connectivity index is 1.76. The molecule has 1 atom stereocenters. The summed E-state index contributed by atoms with van der Waals surface area (Å²) in [5, 5.41) is 1.49. The predicted molar refractivity (Wildman–Crippen MR) is 106 cm³/mol. The monoisotopic (exact) mass is 348 g/mol. The molecule has 2 aromatic carbocycles. The van der Waals surface area contributed by atoms with E-state index in [-0.39, 0.29) is 4.75 Å². The Kier molecular flexibility index (Phi) is 3.35. The van der Waals surface area contributed by atoms with Gasteiger partial charge in [0.15, 0.2) is 0 Å². The minimum atomic E-state index is 0.0884. The summed E-state index contributed by atoms with van der Waals surface area (Å²) in [5.74, 6) is 0. The number of aryl methyl sites for hydroxylation is 1. The van der Waals surface area contributed by atoms with Gasteiger partial charge in [0.1, 0.15) is 0 Å². The molecular weight excluding hydrogens is 324 g/mol. The second-order valence-corrected chi connectivity index (χ2v) is 9.40. The Labute approximate surface area is 153 Å². The summed E-state index contributed by atoms with van der Waals surface area (Å²) in [6, 6.07) is 15.8. The molecule has 1 aromatic heterocycles. The van der Waals surface area contributed by atoms with Gasteiger partial charge in [-0.15, -0.1) is 11.8 Å². The van der Waals surface area contributed by atoms with Crippen LogP contribution in [-0.2, 0) is 24.3 Å². The average molecular weight is 349 g/mol. The highest BCUT2D eigenvalue weighted by molar-refractivity contribution is 8.00. The molecule has 1 unspecified atom stereocenters. The molecule has 25 heavy (non-hydrogen) atoms. The molecule has 0 saturated heterocycles. The van der Waals surface area contributed by atoms with Gasteiger partial charge in [0, 0.05) is 42.0 Å². The zero-order chi connectivity index (χ0) is 17.2. The first kappa shape index (κ1) is 15.5. The molecule has 3 aromatic rings. The number of hydrogen-bond donors (Lipinski definition) is 0. The molecule has 0 bridgehead atoms. The van der Waals surface area contributed by atoms with Crippen molar-refractivity contribution < 1.29 is 0 Å². The van der Waals surface area contributed by atoms with Crippen LogP contribution in [0.3, 0.4) is 0 Å². The van der Waals surface area contributed by atoms with Crippen LogP contribution in [0.4, 0.5) is 0 Å². The van der Waals surface area contributed by atoms with E-state index < -0.39 is 0 Å². The first-order valence-electron chi connectivity index (χ1n) is 9.13. The van der Waals surface area contributed by atoms with Crippen LogP contribution in [0.15, 0.2) is 47.4 Å². The van der Waals surface area contributed by atoms with E-state index in [0.29, 0.717) is 0 Å². The van der Waals surface area contributed by atoms with Gasteiger partial charge < -0.3 is 9.47 Å². The normalized spacial score (nSPS) is 23.0. The van der Waals surface area contributed by atoms with Gasteiger partial charge in [0.25, 0.3) is 0 Å². The molecule has 2 aliphatic heterocycles. The zero-order valence-corrected chi connectivity index (χ0v) is 16.0. The quantitative estimate of drug-likeness (QED) is 0.614. The topological polar surface area (TPSA) is 8.17 Å². The number of benzene rings is 2. The maximum Gasteiger partial charge on any atom is 0.0625 e.